The van der Waals surface area contributed by atoms with Crippen molar-refractivity contribution in [2.24, 2.45) is 11.8 Å². The van der Waals surface area contributed by atoms with Gasteiger partial charge in [-0.2, -0.15) is 0 Å². The highest BCUT2D eigenvalue weighted by atomic mass is 16.5. The van der Waals surface area contributed by atoms with Crippen LogP contribution in [0.2, 0.25) is 0 Å². The van der Waals surface area contributed by atoms with Gasteiger partial charge in [0.15, 0.2) is 0 Å². The maximum absolute atomic E-state index is 11.4. The van der Waals surface area contributed by atoms with Gasteiger partial charge in [-0.3, -0.25) is 0 Å². The van der Waals surface area contributed by atoms with Crippen LogP contribution in [0.4, 0.5) is 5.69 Å². The Labute approximate surface area is 148 Å². The fraction of sp³-hybridized carbons (Fsp3) is 0.333. The van der Waals surface area contributed by atoms with Crippen molar-refractivity contribution < 1.29 is 9.53 Å². The van der Waals surface area contributed by atoms with Crippen LogP contribution >= 0.6 is 0 Å². The molecule has 2 aromatic carbocycles. The summed E-state index contributed by atoms with van der Waals surface area (Å²) in [5, 5.41) is 1.89. The van der Waals surface area contributed by atoms with E-state index >= 15 is 0 Å². The van der Waals surface area contributed by atoms with Gasteiger partial charge in [0.05, 0.1) is 23.3 Å². The van der Waals surface area contributed by atoms with E-state index in [1.54, 1.807) is 0 Å². The Morgan fingerprint density at radius 1 is 1.08 bits per heavy atom. The second-order valence-corrected chi connectivity index (χ2v) is 6.93. The van der Waals surface area contributed by atoms with Crippen molar-refractivity contribution in [1.29, 1.82) is 0 Å². The van der Waals surface area contributed by atoms with Crippen LogP contribution in [0.5, 0.6) is 0 Å². The Morgan fingerprint density at radius 3 is 2.60 bits per heavy atom. The number of nitrogens with zero attached hydrogens (tertiary/aromatic N) is 1. The first-order chi connectivity index (χ1) is 12.1. The normalized spacial score (nSPS) is 12.8. The minimum atomic E-state index is -0.147. The van der Waals surface area contributed by atoms with Crippen LogP contribution in [-0.4, -0.2) is 24.5 Å². The molecule has 1 unspecified atom stereocenters. The summed E-state index contributed by atoms with van der Waals surface area (Å²) in [6, 6.07) is 13.9. The van der Waals surface area contributed by atoms with Crippen LogP contribution < -0.4 is 5.73 Å². The molecule has 0 aliphatic rings. The fourth-order valence-corrected chi connectivity index (χ4v) is 3.00. The number of pyridine rings is 1. The molecule has 0 fully saturated rings. The van der Waals surface area contributed by atoms with Gasteiger partial charge < -0.3 is 15.3 Å². The Kier molecular flexibility index (Phi) is 5.29. The molecule has 0 bridgehead atoms. The molecule has 0 spiro atoms. The third-order valence-electron chi connectivity index (χ3n) is 4.26. The number of anilines is 1. The molecule has 0 aliphatic heterocycles. The number of benzene rings is 2. The van der Waals surface area contributed by atoms with E-state index in [0.717, 1.165) is 39.3 Å². The number of carbonyl (C=O) groups excluding carboxylic acids is 1. The Hall–Kier alpha value is -2.46. The van der Waals surface area contributed by atoms with Crippen LogP contribution in [0.3, 0.4) is 0 Å². The zero-order valence-electron chi connectivity index (χ0n) is 14.7. The second kappa shape index (κ2) is 7.62. The van der Waals surface area contributed by atoms with E-state index < -0.39 is 0 Å². The summed E-state index contributed by atoms with van der Waals surface area (Å²) in [5.74, 6) is 0.318. The van der Waals surface area contributed by atoms with Gasteiger partial charge in [-0.05, 0) is 36.1 Å². The first-order valence-electron chi connectivity index (χ1n) is 8.68. The van der Waals surface area contributed by atoms with Crippen LogP contribution in [0.25, 0.3) is 21.8 Å². The molecule has 0 amide bonds. The predicted octanol–water partition coefficient (Wildman–Crippen LogP) is 4.00. The SMILES string of the molecule is CC(C)COCC(C=O)Cc1ccc2nc3ccccc3c(N)c2c1. The molecule has 0 radical (unpaired) electrons. The lowest BCUT2D eigenvalue weighted by molar-refractivity contribution is -0.113. The highest BCUT2D eigenvalue weighted by molar-refractivity contribution is 6.06. The summed E-state index contributed by atoms with van der Waals surface area (Å²) in [6.07, 6.45) is 1.62. The third kappa shape index (κ3) is 3.97. The lowest BCUT2D eigenvalue weighted by Crippen LogP contribution is -2.16. The van der Waals surface area contributed by atoms with Gasteiger partial charge >= 0.3 is 0 Å². The summed E-state index contributed by atoms with van der Waals surface area (Å²) < 4.78 is 5.62. The predicted molar refractivity (Wildman–Crippen MR) is 103 cm³/mol. The van der Waals surface area contributed by atoms with Crippen LogP contribution in [0.15, 0.2) is 42.5 Å². The van der Waals surface area contributed by atoms with E-state index in [1.165, 1.54) is 0 Å². The molecule has 1 heterocycles. The number of nitrogens with two attached hydrogens (primary N) is 1. The van der Waals surface area contributed by atoms with E-state index in [1.807, 2.05) is 42.5 Å². The van der Waals surface area contributed by atoms with Gasteiger partial charge in [0, 0.05) is 23.3 Å². The van der Waals surface area contributed by atoms with Gasteiger partial charge in [0.1, 0.15) is 6.29 Å². The molecule has 3 rings (SSSR count). The molecule has 2 N–H and O–H groups in total. The molecule has 0 saturated carbocycles. The molecule has 25 heavy (non-hydrogen) atoms. The van der Waals surface area contributed by atoms with Gasteiger partial charge in [-0.1, -0.05) is 38.1 Å². The minimum absolute atomic E-state index is 0.147. The van der Waals surface area contributed by atoms with Crippen LogP contribution in [0.1, 0.15) is 19.4 Å². The summed E-state index contributed by atoms with van der Waals surface area (Å²) in [4.78, 5) is 16.0. The smallest absolute Gasteiger partial charge is 0.125 e. The zero-order chi connectivity index (χ0) is 17.8. The molecule has 3 aromatic rings. The molecule has 1 atom stereocenters. The van der Waals surface area contributed by atoms with Gasteiger partial charge in [-0.25, -0.2) is 4.98 Å². The van der Waals surface area contributed by atoms with Crippen molar-refractivity contribution in [1.82, 2.24) is 4.98 Å². The highest BCUT2D eigenvalue weighted by Gasteiger charge is 2.12. The number of fused-ring (bicyclic) bond motifs is 2. The summed E-state index contributed by atoms with van der Waals surface area (Å²) >= 11 is 0. The largest absolute Gasteiger partial charge is 0.398 e. The van der Waals surface area contributed by atoms with Crippen LogP contribution in [0, 0.1) is 11.8 Å². The fourth-order valence-electron chi connectivity index (χ4n) is 3.00. The van der Waals surface area contributed by atoms with Crippen molar-refractivity contribution in [3.05, 3.63) is 48.0 Å². The second-order valence-electron chi connectivity index (χ2n) is 6.93. The van der Waals surface area contributed by atoms with Crippen molar-refractivity contribution >= 4 is 33.8 Å². The Bertz CT molecular complexity index is 890. The van der Waals surface area contributed by atoms with E-state index in [-0.39, 0.29) is 5.92 Å². The first kappa shape index (κ1) is 17.4. The number of carbonyl (C=O) groups is 1. The standard InChI is InChI=1S/C21H24N2O2/c1-14(2)12-25-13-16(11-24)9-15-7-8-20-18(10-15)21(22)17-5-3-4-6-19(17)23-20/h3-8,10-11,14,16H,9,12-13H2,1-2H3,(H2,22,23). The number of nitrogen functional groups attached to an aromatic ring is 1. The lowest BCUT2D eigenvalue weighted by Gasteiger charge is -2.13. The monoisotopic (exact) mass is 336 g/mol. The number of aldehydes is 1. The molecular formula is C21H24N2O2. The van der Waals surface area contributed by atoms with E-state index in [4.69, 9.17) is 10.5 Å². The number of hydrogen-bond donors (Lipinski definition) is 1. The number of para-hydroxylation sites is 1. The number of rotatable bonds is 7. The van der Waals surface area contributed by atoms with Gasteiger partial charge in [0.2, 0.25) is 0 Å². The molecule has 4 nitrogen and oxygen atoms in total. The average molecular weight is 336 g/mol. The zero-order valence-corrected chi connectivity index (χ0v) is 14.7. The average Bonchev–Trinajstić information content (AvgIpc) is 2.61. The molecule has 1 aromatic heterocycles. The maximum atomic E-state index is 11.4. The van der Waals surface area contributed by atoms with E-state index in [2.05, 4.69) is 18.8 Å². The topological polar surface area (TPSA) is 65.2 Å². The molecule has 0 aliphatic carbocycles. The summed E-state index contributed by atoms with van der Waals surface area (Å²) in [5.41, 5.74) is 9.94. The third-order valence-corrected chi connectivity index (χ3v) is 4.26. The Balaban J connectivity index is 1.86. The van der Waals surface area contributed by atoms with Crippen molar-refractivity contribution in [3.63, 3.8) is 0 Å². The first-order valence-corrected chi connectivity index (χ1v) is 8.68. The van der Waals surface area contributed by atoms with E-state index in [9.17, 15) is 4.79 Å². The molecule has 4 heteroatoms. The number of aromatic nitrogens is 1. The minimum Gasteiger partial charge on any atom is -0.398 e. The number of ether oxygens (including phenoxy) is 1. The quantitative estimate of drug-likeness (QED) is 0.523. The highest BCUT2D eigenvalue weighted by Crippen LogP contribution is 2.29. The summed E-state index contributed by atoms with van der Waals surface area (Å²) in [7, 11) is 0. The lowest BCUT2D eigenvalue weighted by atomic mass is 9.98. The van der Waals surface area contributed by atoms with Crippen molar-refractivity contribution in [3.8, 4) is 0 Å². The number of hydrogen-bond acceptors (Lipinski definition) is 4. The van der Waals surface area contributed by atoms with E-state index in [0.29, 0.717) is 25.6 Å². The summed E-state index contributed by atoms with van der Waals surface area (Å²) in [6.45, 7) is 5.31. The molecule has 130 valence electrons. The maximum Gasteiger partial charge on any atom is 0.125 e. The van der Waals surface area contributed by atoms with Crippen molar-refractivity contribution in [2.75, 3.05) is 18.9 Å². The van der Waals surface area contributed by atoms with Gasteiger partial charge in [-0.15, -0.1) is 0 Å². The van der Waals surface area contributed by atoms with Crippen molar-refractivity contribution in [2.45, 2.75) is 20.3 Å². The molecular weight excluding hydrogens is 312 g/mol. The van der Waals surface area contributed by atoms with Crippen LogP contribution in [-0.2, 0) is 16.0 Å². The molecule has 0 saturated heterocycles. The van der Waals surface area contributed by atoms with Gasteiger partial charge in [0.25, 0.3) is 0 Å². The Morgan fingerprint density at radius 2 is 1.84 bits per heavy atom.